The fraction of sp³-hybridized carbons (Fsp3) is 0.636. The van der Waals surface area contributed by atoms with Gasteiger partial charge < -0.3 is 5.32 Å². The summed E-state index contributed by atoms with van der Waals surface area (Å²) in [6.07, 6.45) is 5.39. The van der Waals surface area contributed by atoms with Crippen molar-refractivity contribution in [1.29, 1.82) is 0 Å². The van der Waals surface area contributed by atoms with Crippen molar-refractivity contribution in [3.63, 3.8) is 0 Å². The van der Waals surface area contributed by atoms with Crippen molar-refractivity contribution in [2.75, 3.05) is 6.54 Å². The zero-order valence-corrected chi connectivity index (χ0v) is 9.44. The summed E-state index contributed by atoms with van der Waals surface area (Å²) < 4.78 is 1.65. The van der Waals surface area contributed by atoms with Crippen molar-refractivity contribution in [3.05, 3.63) is 28.9 Å². The molecule has 0 radical (unpaired) electrons. The zero-order chi connectivity index (χ0) is 11.1. The third-order valence-electron chi connectivity index (χ3n) is 2.37. The van der Waals surface area contributed by atoms with Gasteiger partial charge in [0, 0.05) is 25.0 Å². The average Bonchev–Trinajstić information content (AvgIpc) is 2.21. The van der Waals surface area contributed by atoms with Crippen LogP contribution in [0.25, 0.3) is 0 Å². The highest BCUT2D eigenvalue weighted by atomic mass is 16.1. The van der Waals surface area contributed by atoms with Gasteiger partial charge in [0.25, 0.3) is 0 Å². The highest BCUT2D eigenvalue weighted by molar-refractivity contribution is 4.80. The molecule has 1 unspecified atom stereocenters. The molecule has 0 spiro atoms. The lowest BCUT2D eigenvalue weighted by atomic mass is 10.2. The molecule has 4 heteroatoms. The normalized spacial score (nSPS) is 12.7. The van der Waals surface area contributed by atoms with E-state index in [0.717, 1.165) is 25.9 Å². The van der Waals surface area contributed by atoms with Gasteiger partial charge in [0.15, 0.2) is 0 Å². The molecule has 1 aromatic rings. The second kappa shape index (κ2) is 6.35. The third kappa shape index (κ3) is 4.25. The molecule has 0 fully saturated rings. The number of hydrogen-bond acceptors (Lipinski definition) is 3. The first-order valence-corrected chi connectivity index (χ1v) is 5.49. The van der Waals surface area contributed by atoms with Crippen LogP contribution < -0.4 is 11.0 Å². The Labute approximate surface area is 90.3 Å². The van der Waals surface area contributed by atoms with E-state index in [0.29, 0.717) is 6.04 Å². The maximum Gasteiger partial charge on any atom is 0.347 e. The number of rotatable bonds is 6. The monoisotopic (exact) mass is 209 g/mol. The molecule has 1 rings (SSSR count). The predicted molar refractivity (Wildman–Crippen MR) is 60.9 cm³/mol. The van der Waals surface area contributed by atoms with Crippen LogP contribution in [0.1, 0.15) is 26.7 Å². The largest absolute Gasteiger partial charge is 0.347 e. The van der Waals surface area contributed by atoms with Crippen molar-refractivity contribution < 1.29 is 0 Å². The minimum Gasteiger partial charge on any atom is -0.315 e. The van der Waals surface area contributed by atoms with Gasteiger partial charge in [-0.2, -0.15) is 0 Å². The lowest BCUT2D eigenvalue weighted by molar-refractivity contribution is 0.480. The maximum absolute atomic E-state index is 11.3. The fourth-order valence-electron chi connectivity index (χ4n) is 1.58. The number of hydrogen-bond donors (Lipinski definition) is 1. The SMILES string of the molecule is CCNC(C)CCCn1cccnc1=O. The highest BCUT2D eigenvalue weighted by Crippen LogP contribution is 1.97. The van der Waals surface area contributed by atoms with Crippen LogP contribution in [-0.4, -0.2) is 22.1 Å². The first-order chi connectivity index (χ1) is 7.24. The van der Waals surface area contributed by atoms with Gasteiger partial charge in [0.2, 0.25) is 0 Å². The van der Waals surface area contributed by atoms with Crippen LogP contribution in [0.4, 0.5) is 0 Å². The second-order valence-electron chi connectivity index (χ2n) is 3.70. The molecule has 1 aromatic heterocycles. The van der Waals surface area contributed by atoms with Gasteiger partial charge >= 0.3 is 5.69 Å². The smallest absolute Gasteiger partial charge is 0.315 e. The second-order valence-corrected chi connectivity index (χ2v) is 3.70. The minimum absolute atomic E-state index is 0.159. The van der Waals surface area contributed by atoms with Crippen LogP contribution in [0.3, 0.4) is 0 Å². The van der Waals surface area contributed by atoms with Gasteiger partial charge in [0.1, 0.15) is 0 Å². The average molecular weight is 209 g/mol. The Bertz CT molecular complexity index is 335. The number of aromatic nitrogens is 2. The Kier molecular flexibility index (Phi) is 5.04. The molecular formula is C11H19N3O. The number of aryl methyl sites for hydroxylation is 1. The topological polar surface area (TPSA) is 46.9 Å². The summed E-state index contributed by atoms with van der Waals surface area (Å²) >= 11 is 0. The van der Waals surface area contributed by atoms with Crippen LogP contribution in [0, 0.1) is 0 Å². The number of nitrogens with one attached hydrogen (secondary N) is 1. The van der Waals surface area contributed by atoms with E-state index in [2.05, 4.69) is 24.1 Å². The van der Waals surface area contributed by atoms with E-state index in [-0.39, 0.29) is 5.69 Å². The highest BCUT2D eigenvalue weighted by Gasteiger charge is 2.00. The standard InChI is InChI=1S/C11H19N3O/c1-3-12-10(2)6-4-8-14-9-5-7-13-11(14)15/h5,7,9-10,12H,3-4,6,8H2,1-2H3. The van der Waals surface area contributed by atoms with Crippen molar-refractivity contribution in [2.45, 2.75) is 39.3 Å². The van der Waals surface area contributed by atoms with Gasteiger partial charge in [-0.25, -0.2) is 9.78 Å². The molecule has 84 valence electrons. The summed E-state index contributed by atoms with van der Waals surface area (Å²) in [4.78, 5) is 15.0. The molecule has 0 aliphatic carbocycles. The summed E-state index contributed by atoms with van der Waals surface area (Å²) in [6, 6.07) is 2.30. The van der Waals surface area contributed by atoms with Gasteiger partial charge in [-0.3, -0.25) is 4.57 Å². The van der Waals surface area contributed by atoms with Crippen LogP contribution in [-0.2, 0) is 6.54 Å². The van der Waals surface area contributed by atoms with E-state index < -0.39 is 0 Å². The Morgan fingerprint density at radius 3 is 3.07 bits per heavy atom. The lowest BCUT2D eigenvalue weighted by Gasteiger charge is -2.11. The van der Waals surface area contributed by atoms with Crippen molar-refractivity contribution >= 4 is 0 Å². The van der Waals surface area contributed by atoms with Crippen LogP contribution in [0.15, 0.2) is 23.3 Å². The van der Waals surface area contributed by atoms with Gasteiger partial charge in [-0.05, 0) is 32.4 Å². The van der Waals surface area contributed by atoms with E-state index in [1.165, 1.54) is 6.20 Å². The van der Waals surface area contributed by atoms with E-state index in [1.54, 1.807) is 16.8 Å². The lowest BCUT2D eigenvalue weighted by Crippen LogP contribution is -2.27. The summed E-state index contributed by atoms with van der Waals surface area (Å²) in [5, 5.41) is 3.34. The Balaban J connectivity index is 2.32. The number of nitrogens with zero attached hydrogens (tertiary/aromatic N) is 2. The molecule has 1 heterocycles. The first-order valence-electron chi connectivity index (χ1n) is 5.49. The van der Waals surface area contributed by atoms with Gasteiger partial charge in [-0.1, -0.05) is 6.92 Å². The van der Waals surface area contributed by atoms with Gasteiger partial charge in [-0.15, -0.1) is 0 Å². The fourth-order valence-corrected chi connectivity index (χ4v) is 1.58. The predicted octanol–water partition coefficient (Wildman–Crippen LogP) is 1.02. The molecule has 1 atom stereocenters. The molecular weight excluding hydrogens is 190 g/mol. The Hall–Kier alpha value is -1.16. The van der Waals surface area contributed by atoms with Gasteiger partial charge in [0.05, 0.1) is 0 Å². The molecule has 0 saturated heterocycles. The van der Waals surface area contributed by atoms with E-state index in [9.17, 15) is 4.79 Å². The first kappa shape index (κ1) is 11.9. The Morgan fingerprint density at radius 2 is 2.40 bits per heavy atom. The van der Waals surface area contributed by atoms with E-state index in [1.807, 2.05) is 0 Å². The molecule has 0 saturated carbocycles. The molecule has 0 aliphatic heterocycles. The summed E-state index contributed by atoms with van der Waals surface area (Å²) in [6.45, 7) is 6.01. The van der Waals surface area contributed by atoms with Crippen molar-refractivity contribution in [2.24, 2.45) is 0 Å². The zero-order valence-electron chi connectivity index (χ0n) is 9.44. The Morgan fingerprint density at radius 1 is 1.60 bits per heavy atom. The van der Waals surface area contributed by atoms with Crippen LogP contribution in [0.5, 0.6) is 0 Å². The quantitative estimate of drug-likeness (QED) is 0.761. The maximum atomic E-state index is 11.3. The van der Waals surface area contributed by atoms with E-state index >= 15 is 0 Å². The van der Waals surface area contributed by atoms with Crippen LogP contribution >= 0.6 is 0 Å². The molecule has 15 heavy (non-hydrogen) atoms. The van der Waals surface area contributed by atoms with Crippen molar-refractivity contribution in [3.8, 4) is 0 Å². The summed E-state index contributed by atoms with van der Waals surface area (Å²) in [5.41, 5.74) is -0.159. The molecule has 0 bridgehead atoms. The molecule has 4 nitrogen and oxygen atoms in total. The van der Waals surface area contributed by atoms with E-state index in [4.69, 9.17) is 0 Å². The molecule has 0 amide bonds. The third-order valence-corrected chi connectivity index (χ3v) is 2.37. The molecule has 1 N–H and O–H groups in total. The molecule has 0 aromatic carbocycles. The summed E-state index contributed by atoms with van der Waals surface area (Å²) in [7, 11) is 0. The summed E-state index contributed by atoms with van der Waals surface area (Å²) in [5.74, 6) is 0. The van der Waals surface area contributed by atoms with Crippen molar-refractivity contribution in [1.82, 2.24) is 14.9 Å². The van der Waals surface area contributed by atoms with Crippen LogP contribution in [0.2, 0.25) is 0 Å². The minimum atomic E-state index is -0.159. The molecule has 0 aliphatic rings.